The Hall–Kier alpha value is -1.36. The maximum Gasteiger partial charge on any atom is 0.324 e. The summed E-state index contributed by atoms with van der Waals surface area (Å²) in [7, 11) is 1.39. The summed E-state index contributed by atoms with van der Waals surface area (Å²) in [6.07, 6.45) is 3.67. The SMILES string of the molecule is COC(=O)C(Cn1cc(C)cn1)NC(C)C. The Bertz CT molecular complexity index is 347. The van der Waals surface area contributed by atoms with Crippen LogP contribution in [0.15, 0.2) is 12.4 Å². The molecule has 0 radical (unpaired) electrons. The minimum Gasteiger partial charge on any atom is -0.468 e. The molecule has 16 heavy (non-hydrogen) atoms. The molecule has 1 unspecified atom stereocenters. The number of hydrogen-bond donors (Lipinski definition) is 1. The average Bonchev–Trinajstić information content (AvgIpc) is 2.61. The van der Waals surface area contributed by atoms with Gasteiger partial charge in [-0.2, -0.15) is 5.10 Å². The van der Waals surface area contributed by atoms with Crippen molar-refractivity contribution in [2.75, 3.05) is 7.11 Å². The molecule has 0 amide bonds. The second-order valence-corrected chi connectivity index (χ2v) is 4.14. The van der Waals surface area contributed by atoms with E-state index in [4.69, 9.17) is 4.74 Å². The van der Waals surface area contributed by atoms with E-state index in [1.807, 2.05) is 27.0 Å². The first-order chi connectivity index (χ1) is 7.52. The van der Waals surface area contributed by atoms with Gasteiger partial charge in [-0.05, 0) is 12.5 Å². The molecule has 1 aromatic rings. The van der Waals surface area contributed by atoms with Gasteiger partial charge in [-0.25, -0.2) is 0 Å². The average molecular weight is 225 g/mol. The smallest absolute Gasteiger partial charge is 0.324 e. The number of methoxy groups -OCH3 is 1. The van der Waals surface area contributed by atoms with Crippen LogP contribution in [0.25, 0.3) is 0 Å². The van der Waals surface area contributed by atoms with Gasteiger partial charge in [0.2, 0.25) is 0 Å². The van der Waals surface area contributed by atoms with Crippen LogP contribution in [0.1, 0.15) is 19.4 Å². The first-order valence-electron chi connectivity index (χ1n) is 5.36. The zero-order valence-corrected chi connectivity index (χ0v) is 10.2. The molecule has 0 aliphatic carbocycles. The van der Waals surface area contributed by atoms with E-state index in [1.54, 1.807) is 10.9 Å². The maximum absolute atomic E-state index is 11.5. The van der Waals surface area contributed by atoms with Crippen LogP contribution in [-0.4, -0.2) is 34.9 Å². The van der Waals surface area contributed by atoms with Gasteiger partial charge in [-0.1, -0.05) is 13.8 Å². The highest BCUT2D eigenvalue weighted by atomic mass is 16.5. The van der Waals surface area contributed by atoms with E-state index < -0.39 is 0 Å². The zero-order chi connectivity index (χ0) is 12.1. The van der Waals surface area contributed by atoms with Crippen LogP contribution in [0.4, 0.5) is 0 Å². The lowest BCUT2D eigenvalue weighted by atomic mass is 10.2. The summed E-state index contributed by atoms with van der Waals surface area (Å²) < 4.78 is 6.49. The molecule has 0 spiro atoms. The van der Waals surface area contributed by atoms with Gasteiger partial charge in [0.15, 0.2) is 0 Å². The van der Waals surface area contributed by atoms with Crippen molar-refractivity contribution in [3.8, 4) is 0 Å². The highest BCUT2D eigenvalue weighted by Crippen LogP contribution is 1.99. The normalized spacial score (nSPS) is 12.8. The van der Waals surface area contributed by atoms with Gasteiger partial charge in [0, 0.05) is 12.2 Å². The van der Waals surface area contributed by atoms with E-state index in [0.717, 1.165) is 5.56 Å². The van der Waals surface area contributed by atoms with Gasteiger partial charge >= 0.3 is 5.97 Å². The maximum atomic E-state index is 11.5. The molecule has 1 rings (SSSR count). The number of aromatic nitrogens is 2. The fourth-order valence-corrected chi connectivity index (χ4v) is 1.49. The molecule has 1 N–H and O–H groups in total. The second kappa shape index (κ2) is 5.65. The van der Waals surface area contributed by atoms with E-state index in [2.05, 4.69) is 10.4 Å². The number of hydrogen-bond acceptors (Lipinski definition) is 4. The van der Waals surface area contributed by atoms with Crippen molar-refractivity contribution in [1.29, 1.82) is 0 Å². The second-order valence-electron chi connectivity index (χ2n) is 4.14. The summed E-state index contributed by atoms with van der Waals surface area (Å²) in [5.41, 5.74) is 1.08. The number of nitrogens with zero attached hydrogens (tertiary/aromatic N) is 2. The lowest BCUT2D eigenvalue weighted by Crippen LogP contribution is -2.44. The van der Waals surface area contributed by atoms with E-state index in [0.29, 0.717) is 6.54 Å². The van der Waals surface area contributed by atoms with E-state index in [9.17, 15) is 4.79 Å². The molecular formula is C11H19N3O2. The van der Waals surface area contributed by atoms with Crippen LogP contribution in [0.5, 0.6) is 0 Å². The number of carbonyl (C=O) groups is 1. The van der Waals surface area contributed by atoms with Crippen LogP contribution in [0.3, 0.4) is 0 Å². The summed E-state index contributed by atoms with van der Waals surface area (Å²) in [4.78, 5) is 11.5. The van der Waals surface area contributed by atoms with Gasteiger partial charge in [0.1, 0.15) is 6.04 Å². The molecule has 0 aliphatic heterocycles. The molecule has 5 heteroatoms. The molecule has 0 fully saturated rings. The molecular weight excluding hydrogens is 206 g/mol. The molecule has 0 aromatic carbocycles. The summed E-state index contributed by atoms with van der Waals surface area (Å²) in [5.74, 6) is -0.262. The number of nitrogens with one attached hydrogen (secondary N) is 1. The summed E-state index contributed by atoms with van der Waals surface area (Å²) in [6, 6.07) is -0.134. The molecule has 0 bridgehead atoms. The van der Waals surface area contributed by atoms with Gasteiger partial charge in [0.25, 0.3) is 0 Å². The van der Waals surface area contributed by atoms with Gasteiger partial charge < -0.3 is 10.1 Å². The Balaban J connectivity index is 2.66. The van der Waals surface area contributed by atoms with Crippen molar-refractivity contribution < 1.29 is 9.53 Å². The van der Waals surface area contributed by atoms with E-state index >= 15 is 0 Å². The molecule has 0 saturated heterocycles. The number of aryl methyl sites for hydroxylation is 1. The monoisotopic (exact) mass is 225 g/mol. The zero-order valence-electron chi connectivity index (χ0n) is 10.2. The standard InChI is InChI=1S/C11H19N3O2/c1-8(2)13-10(11(15)16-4)7-14-6-9(3)5-12-14/h5-6,8,10,13H,7H2,1-4H3. The third kappa shape index (κ3) is 3.66. The van der Waals surface area contributed by atoms with Crippen LogP contribution >= 0.6 is 0 Å². The fraction of sp³-hybridized carbons (Fsp3) is 0.636. The molecule has 5 nitrogen and oxygen atoms in total. The van der Waals surface area contributed by atoms with Crippen LogP contribution < -0.4 is 5.32 Å². The largest absolute Gasteiger partial charge is 0.468 e. The topological polar surface area (TPSA) is 56.2 Å². The van der Waals surface area contributed by atoms with Crippen molar-refractivity contribution in [2.24, 2.45) is 0 Å². The molecule has 1 aromatic heterocycles. The molecule has 0 aliphatic rings. The number of rotatable bonds is 5. The van der Waals surface area contributed by atoms with Gasteiger partial charge in [-0.3, -0.25) is 9.48 Å². The predicted molar refractivity (Wildman–Crippen MR) is 61.0 cm³/mol. The third-order valence-electron chi connectivity index (χ3n) is 2.15. The Kier molecular flexibility index (Phi) is 4.49. The Morgan fingerprint density at radius 1 is 1.62 bits per heavy atom. The number of esters is 1. The van der Waals surface area contributed by atoms with E-state index in [1.165, 1.54) is 7.11 Å². The van der Waals surface area contributed by atoms with Gasteiger partial charge in [-0.15, -0.1) is 0 Å². The fourth-order valence-electron chi connectivity index (χ4n) is 1.49. The van der Waals surface area contributed by atoms with Crippen molar-refractivity contribution >= 4 is 5.97 Å². The Morgan fingerprint density at radius 3 is 2.75 bits per heavy atom. The van der Waals surface area contributed by atoms with Crippen molar-refractivity contribution in [3.05, 3.63) is 18.0 Å². The minimum absolute atomic E-state index is 0.223. The minimum atomic E-state index is -0.357. The number of ether oxygens (including phenoxy) is 1. The van der Waals surface area contributed by atoms with Crippen LogP contribution in [-0.2, 0) is 16.1 Å². The van der Waals surface area contributed by atoms with Crippen LogP contribution in [0.2, 0.25) is 0 Å². The lowest BCUT2D eigenvalue weighted by Gasteiger charge is -2.18. The van der Waals surface area contributed by atoms with Crippen LogP contribution in [0, 0.1) is 6.92 Å². The first kappa shape index (κ1) is 12.7. The highest BCUT2D eigenvalue weighted by Gasteiger charge is 2.20. The molecule has 90 valence electrons. The Labute approximate surface area is 95.8 Å². The van der Waals surface area contributed by atoms with E-state index in [-0.39, 0.29) is 18.1 Å². The van der Waals surface area contributed by atoms with Crippen molar-refractivity contribution in [1.82, 2.24) is 15.1 Å². The third-order valence-corrected chi connectivity index (χ3v) is 2.15. The molecule has 0 saturated carbocycles. The Morgan fingerprint density at radius 2 is 2.31 bits per heavy atom. The summed E-state index contributed by atoms with van der Waals surface area (Å²) >= 11 is 0. The van der Waals surface area contributed by atoms with Gasteiger partial charge in [0.05, 0.1) is 19.9 Å². The highest BCUT2D eigenvalue weighted by molar-refractivity contribution is 5.75. The quantitative estimate of drug-likeness (QED) is 0.751. The summed E-state index contributed by atoms with van der Waals surface area (Å²) in [5, 5.41) is 7.30. The summed E-state index contributed by atoms with van der Waals surface area (Å²) in [6.45, 7) is 6.43. The lowest BCUT2D eigenvalue weighted by molar-refractivity contribution is -0.143. The number of carbonyl (C=O) groups excluding carboxylic acids is 1. The van der Waals surface area contributed by atoms with Crippen molar-refractivity contribution in [3.63, 3.8) is 0 Å². The molecule has 1 heterocycles. The predicted octanol–water partition coefficient (Wildman–Crippen LogP) is 0.731. The first-order valence-corrected chi connectivity index (χ1v) is 5.36. The molecule has 1 atom stereocenters. The van der Waals surface area contributed by atoms with Crippen molar-refractivity contribution in [2.45, 2.75) is 39.4 Å².